The predicted molar refractivity (Wildman–Crippen MR) is 92.3 cm³/mol. The lowest BCUT2D eigenvalue weighted by atomic mass is 9.67. The van der Waals surface area contributed by atoms with E-state index in [0.717, 1.165) is 38.0 Å². The van der Waals surface area contributed by atoms with Crippen molar-refractivity contribution in [2.45, 2.75) is 44.6 Å². The van der Waals surface area contributed by atoms with E-state index in [1.807, 2.05) is 7.05 Å². The molecule has 1 unspecified atom stereocenters. The number of ether oxygens (including phenoxy) is 1. The van der Waals surface area contributed by atoms with Crippen LogP contribution in [0.3, 0.4) is 0 Å². The minimum absolute atomic E-state index is 0.422. The molecular weight excluding hydrogens is 276 g/mol. The van der Waals surface area contributed by atoms with E-state index in [0.29, 0.717) is 11.5 Å². The van der Waals surface area contributed by atoms with Gasteiger partial charge in [0.25, 0.3) is 0 Å². The molecule has 0 radical (unpaired) electrons. The van der Waals surface area contributed by atoms with Gasteiger partial charge in [-0.1, -0.05) is 6.42 Å². The Labute approximate surface area is 135 Å². The van der Waals surface area contributed by atoms with Crippen molar-refractivity contribution < 1.29 is 4.74 Å². The third-order valence-electron chi connectivity index (χ3n) is 5.41. The monoisotopic (exact) mass is 310 g/mol. The van der Waals surface area contributed by atoms with Gasteiger partial charge in [-0.25, -0.2) is 0 Å². The van der Waals surface area contributed by atoms with E-state index in [2.05, 4.69) is 34.6 Å². The number of guanidine groups is 1. The van der Waals surface area contributed by atoms with Crippen LogP contribution in [-0.2, 0) is 4.74 Å². The van der Waals surface area contributed by atoms with Crippen molar-refractivity contribution in [1.82, 2.24) is 15.5 Å². The van der Waals surface area contributed by atoms with Gasteiger partial charge in [-0.15, -0.1) is 0 Å². The average Bonchev–Trinajstić information content (AvgIpc) is 3.28. The molecule has 0 aromatic carbocycles. The number of rotatable bonds is 9. The Hall–Kier alpha value is -0.810. The lowest BCUT2D eigenvalue weighted by molar-refractivity contribution is 0.0732. The SMILES string of the molecule is CN=C(NCC(C1CC1)N(C)C)NCC1(CCOC)CCC1. The fourth-order valence-corrected chi connectivity index (χ4v) is 3.46. The lowest BCUT2D eigenvalue weighted by Crippen LogP contribution is -2.50. The van der Waals surface area contributed by atoms with E-state index >= 15 is 0 Å². The highest BCUT2D eigenvalue weighted by atomic mass is 16.5. The second-order valence-corrected chi connectivity index (χ2v) is 7.27. The summed E-state index contributed by atoms with van der Waals surface area (Å²) >= 11 is 0. The van der Waals surface area contributed by atoms with Gasteiger partial charge in [0.2, 0.25) is 0 Å². The zero-order chi connectivity index (χ0) is 16.0. The summed E-state index contributed by atoms with van der Waals surface area (Å²) in [5.74, 6) is 1.80. The summed E-state index contributed by atoms with van der Waals surface area (Å²) in [6, 6.07) is 0.615. The van der Waals surface area contributed by atoms with Gasteiger partial charge in [0.05, 0.1) is 0 Å². The molecule has 2 N–H and O–H groups in total. The van der Waals surface area contributed by atoms with E-state index < -0.39 is 0 Å². The Balaban J connectivity index is 1.74. The van der Waals surface area contributed by atoms with Crippen molar-refractivity contribution in [2.24, 2.45) is 16.3 Å². The molecule has 2 rings (SSSR count). The van der Waals surface area contributed by atoms with Crippen molar-refractivity contribution in [3.63, 3.8) is 0 Å². The molecule has 5 nitrogen and oxygen atoms in total. The molecule has 2 fully saturated rings. The first-order valence-corrected chi connectivity index (χ1v) is 8.70. The number of aliphatic imine (C=N–C) groups is 1. The minimum atomic E-state index is 0.422. The zero-order valence-electron chi connectivity index (χ0n) is 14.8. The lowest BCUT2D eigenvalue weighted by Gasteiger charge is -2.42. The standard InChI is InChI=1S/C17H34N4O/c1-18-16(19-12-15(21(2)3)14-6-7-14)20-13-17(8-5-9-17)10-11-22-4/h14-15H,5-13H2,1-4H3,(H2,18,19,20). The molecule has 22 heavy (non-hydrogen) atoms. The summed E-state index contributed by atoms with van der Waals surface area (Å²) in [5.41, 5.74) is 0.422. The molecule has 0 heterocycles. The van der Waals surface area contributed by atoms with Crippen LogP contribution in [0, 0.1) is 11.3 Å². The Morgan fingerprint density at radius 1 is 1.32 bits per heavy atom. The summed E-state index contributed by atoms with van der Waals surface area (Å²) in [6.07, 6.45) is 7.86. The van der Waals surface area contributed by atoms with Crippen LogP contribution in [0.2, 0.25) is 0 Å². The molecule has 0 aromatic rings. The number of hydrogen-bond donors (Lipinski definition) is 2. The highest BCUT2D eigenvalue weighted by molar-refractivity contribution is 5.79. The fourth-order valence-electron chi connectivity index (χ4n) is 3.46. The van der Waals surface area contributed by atoms with Crippen molar-refractivity contribution in [3.8, 4) is 0 Å². The predicted octanol–water partition coefficient (Wildman–Crippen LogP) is 1.70. The minimum Gasteiger partial charge on any atom is -0.385 e. The summed E-state index contributed by atoms with van der Waals surface area (Å²) in [4.78, 5) is 6.72. The molecule has 0 bridgehead atoms. The molecule has 0 spiro atoms. The van der Waals surface area contributed by atoms with E-state index in [-0.39, 0.29) is 0 Å². The second kappa shape index (κ2) is 8.16. The van der Waals surface area contributed by atoms with Crippen LogP contribution in [0.1, 0.15) is 38.5 Å². The van der Waals surface area contributed by atoms with E-state index in [9.17, 15) is 0 Å². The maximum absolute atomic E-state index is 5.27. The van der Waals surface area contributed by atoms with Gasteiger partial charge in [-0.05, 0) is 57.5 Å². The first-order chi connectivity index (χ1) is 10.6. The third kappa shape index (κ3) is 4.85. The van der Waals surface area contributed by atoms with Crippen molar-refractivity contribution in [1.29, 1.82) is 0 Å². The Bertz CT molecular complexity index is 360. The first kappa shape index (κ1) is 17.5. The van der Waals surface area contributed by atoms with Gasteiger partial charge < -0.3 is 20.3 Å². The van der Waals surface area contributed by atoms with Crippen LogP contribution in [0.4, 0.5) is 0 Å². The van der Waals surface area contributed by atoms with Gasteiger partial charge in [-0.2, -0.15) is 0 Å². The molecule has 2 saturated carbocycles. The Morgan fingerprint density at radius 3 is 2.50 bits per heavy atom. The molecule has 0 aliphatic heterocycles. The maximum atomic E-state index is 5.27. The third-order valence-corrected chi connectivity index (χ3v) is 5.41. The van der Waals surface area contributed by atoms with Crippen molar-refractivity contribution >= 4 is 5.96 Å². The summed E-state index contributed by atoms with van der Waals surface area (Å²) < 4.78 is 5.27. The molecular formula is C17H34N4O. The molecule has 5 heteroatoms. The summed E-state index contributed by atoms with van der Waals surface area (Å²) in [6.45, 7) is 2.84. The topological polar surface area (TPSA) is 48.9 Å². The van der Waals surface area contributed by atoms with Crippen molar-refractivity contribution in [2.75, 3.05) is 47.9 Å². The summed E-state index contributed by atoms with van der Waals surface area (Å²) in [5, 5.41) is 7.05. The quantitative estimate of drug-likeness (QED) is 0.503. The molecule has 0 amide bonds. The molecule has 2 aliphatic rings. The average molecular weight is 310 g/mol. The molecule has 0 aromatic heterocycles. The maximum Gasteiger partial charge on any atom is 0.191 e. The van der Waals surface area contributed by atoms with Crippen LogP contribution in [-0.4, -0.2) is 64.9 Å². The Morgan fingerprint density at radius 2 is 2.05 bits per heavy atom. The second-order valence-electron chi connectivity index (χ2n) is 7.27. The number of likely N-dealkylation sites (N-methyl/N-ethyl adjacent to an activating group) is 1. The summed E-state index contributed by atoms with van der Waals surface area (Å²) in [7, 11) is 8.00. The van der Waals surface area contributed by atoms with Crippen LogP contribution < -0.4 is 10.6 Å². The normalized spacial score (nSPS) is 22.3. The largest absolute Gasteiger partial charge is 0.385 e. The molecule has 1 atom stereocenters. The van der Waals surface area contributed by atoms with E-state index in [1.54, 1.807) is 7.11 Å². The van der Waals surface area contributed by atoms with Gasteiger partial charge in [-0.3, -0.25) is 4.99 Å². The van der Waals surface area contributed by atoms with Gasteiger partial charge >= 0.3 is 0 Å². The van der Waals surface area contributed by atoms with Crippen LogP contribution in [0.5, 0.6) is 0 Å². The number of nitrogens with zero attached hydrogens (tertiary/aromatic N) is 2. The first-order valence-electron chi connectivity index (χ1n) is 8.70. The van der Waals surface area contributed by atoms with Crippen LogP contribution >= 0.6 is 0 Å². The number of hydrogen-bond acceptors (Lipinski definition) is 3. The highest BCUT2D eigenvalue weighted by Crippen LogP contribution is 2.43. The van der Waals surface area contributed by atoms with E-state index in [4.69, 9.17) is 4.74 Å². The number of methoxy groups -OCH3 is 1. The van der Waals surface area contributed by atoms with Crippen molar-refractivity contribution in [3.05, 3.63) is 0 Å². The van der Waals surface area contributed by atoms with Crippen LogP contribution in [0.15, 0.2) is 4.99 Å². The van der Waals surface area contributed by atoms with Crippen LogP contribution in [0.25, 0.3) is 0 Å². The number of nitrogens with one attached hydrogen (secondary N) is 2. The van der Waals surface area contributed by atoms with Gasteiger partial charge in [0.15, 0.2) is 5.96 Å². The van der Waals surface area contributed by atoms with Gasteiger partial charge in [0, 0.05) is 39.9 Å². The Kier molecular flexibility index (Phi) is 6.50. The molecule has 0 saturated heterocycles. The smallest absolute Gasteiger partial charge is 0.191 e. The highest BCUT2D eigenvalue weighted by Gasteiger charge is 2.36. The fraction of sp³-hybridized carbons (Fsp3) is 0.941. The molecule has 2 aliphatic carbocycles. The van der Waals surface area contributed by atoms with Gasteiger partial charge in [0.1, 0.15) is 0 Å². The van der Waals surface area contributed by atoms with E-state index in [1.165, 1.54) is 32.1 Å². The zero-order valence-corrected chi connectivity index (χ0v) is 14.8. The molecule has 128 valence electrons.